The lowest BCUT2D eigenvalue weighted by Crippen LogP contribution is -2.52. The number of amides is 2. The van der Waals surface area contributed by atoms with Crippen LogP contribution in [0.25, 0.3) is 0 Å². The molecule has 2 fully saturated rings. The van der Waals surface area contributed by atoms with Crippen LogP contribution >= 0.6 is 0 Å². The minimum Gasteiger partial charge on any atom is -0.444 e. The standard InChI is InChI=1S/C21H39N3O3/c1-20(2,3)9-12-22-13-15-23(16-14-22)18(25)17-7-10-24(11-8-17)19(26)27-21(4,5)6/h17H,7-16H2,1-6H3. The molecule has 0 aliphatic carbocycles. The van der Waals surface area contributed by atoms with Gasteiger partial charge in [0.15, 0.2) is 0 Å². The van der Waals surface area contributed by atoms with E-state index < -0.39 is 5.60 Å². The van der Waals surface area contributed by atoms with E-state index in [1.54, 1.807) is 4.90 Å². The predicted molar refractivity (Wildman–Crippen MR) is 108 cm³/mol. The average Bonchev–Trinajstić information content (AvgIpc) is 2.58. The highest BCUT2D eigenvalue weighted by atomic mass is 16.6. The molecule has 0 saturated carbocycles. The van der Waals surface area contributed by atoms with E-state index in [2.05, 4.69) is 25.7 Å². The van der Waals surface area contributed by atoms with E-state index in [0.717, 1.165) is 45.6 Å². The Morgan fingerprint density at radius 3 is 1.89 bits per heavy atom. The molecule has 27 heavy (non-hydrogen) atoms. The summed E-state index contributed by atoms with van der Waals surface area (Å²) in [5.74, 6) is 0.319. The maximum atomic E-state index is 12.9. The molecule has 0 radical (unpaired) electrons. The van der Waals surface area contributed by atoms with E-state index in [-0.39, 0.29) is 17.9 Å². The molecule has 0 unspecified atom stereocenters. The second kappa shape index (κ2) is 8.80. The number of piperazine rings is 1. The fourth-order valence-corrected chi connectivity index (χ4v) is 3.58. The molecule has 0 atom stereocenters. The fourth-order valence-electron chi connectivity index (χ4n) is 3.58. The minimum atomic E-state index is -0.476. The first-order chi connectivity index (χ1) is 12.4. The third-order valence-corrected chi connectivity index (χ3v) is 5.36. The Morgan fingerprint density at radius 2 is 1.41 bits per heavy atom. The summed E-state index contributed by atoms with van der Waals surface area (Å²) in [6.45, 7) is 18.4. The van der Waals surface area contributed by atoms with Gasteiger partial charge in [0, 0.05) is 45.2 Å². The van der Waals surface area contributed by atoms with Crippen molar-refractivity contribution in [1.82, 2.24) is 14.7 Å². The van der Waals surface area contributed by atoms with Gasteiger partial charge in [0.05, 0.1) is 0 Å². The fraction of sp³-hybridized carbons (Fsp3) is 0.905. The third-order valence-electron chi connectivity index (χ3n) is 5.36. The number of hydrogen-bond acceptors (Lipinski definition) is 4. The number of nitrogens with zero attached hydrogens (tertiary/aromatic N) is 3. The summed E-state index contributed by atoms with van der Waals surface area (Å²) in [7, 11) is 0. The normalized spacial score (nSPS) is 20.7. The lowest BCUT2D eigenvalue weighted by molar-refractivity contribution is -0.138. The summed E-state index contributed by atoms with van der Waals surface area (Å²) in [5.41, 5.74) is -0.120. The zero-order valence-electron chi connectivity index (χ0n) is 18.2. The van der Waals surface area contributed by atoms with Crippen molar-refractivity contribution in [1.29, 1.82) is 0 Å². The number of piperidine rings is 1. The Hall–Kier alpha value is -1.30. The van der Waals surface area contributed by atoms with Crippen molar-refractivity contribution in [3.8, 4) is 0 Å². The molecule has 0 N–H and O–H groups in total. The minimum absolute atomic E-state index is 0.0461. The van der Waals surface area contributed by atoms with Gasteiger partial charge < -0.3 is 14.5 Å². The van der Waals surface area contributed by atoms with Crippen molar-refractivity contribution in [2.75, 3.05) is 45.8 Å². The SMILES string of the molecule is CC(C)(C)CCN1CCN(C(=O)C2CCN(C(=O)OC(C)(C)C)CC2)CC1. The molecule has 2 heterocycles. The van der Waals surface area contributed by atoms with E-state index in [1.165, 1.54) is 6.42 Å². The van der Waals surface area contributed by atoms with Crippen LogP contribution in [0.5, 0.6) is 0 Å². The second-order valence-corrected chi connectivity index (χ2v) is 10.2. The molecule has 0 aromatic rings. The van der Waals surface area contributed by atoms with Gasteiger partial charge in [-0.3, -0.25) is 9.69 Å². The van der Waals surface area contributed by atoms with Gasteiger partial charge in [-0.15, -0.1) is 0 Å². The van der Waals surface area contributed by atoms with Crippen LogP contribution < -0.4 is 0 Å². The van der Waals surface area contributed by atoms with Crippen molar-refractivity contribution in [3.63, 3.8) is 0 Å². The van der Waals surface area contributed by atoms with Crippen LogP contribution in [0.3, 0.4) is 0 Å². The van der Waals surface area contributed by atoms with E-state index in [0.29, 0.717) is 18.5 Å². The van der Waals surface area contributed by atoms with Gasteiger partial charge in [0.2, 0.25) is 5.91 Å². The molecule has 6 nitrogen and oxygen atoms in total. The predicted octanol–water partition coefficient (Wildman–Crippen LogP) is 3.21. The summed E-state index contributed by atoms with van der Waals surface area (Å²) in [6.07, 6.45) is 2.40. The molecule has 2 saturated heterocycles. The molecule has 0 spiro atoms. The summed E-state index contributed by atoms with van der Waals surface area (Å²) in [4.78, 5) is 31.3. The Balaban J connectivity index is 1.73. The van der Waals surface area contributed by atoms with Crippen LogP contribution in [-0.4, -0.2) is 78.1 Å². The lowest BCUT2D eigenvalue weighted by atomic mass is 9.92. The van der Waals surface area contributed by atoms with Crippen molar-refractivity contribution < 1.29 is 14.3 Å². The molecule has 2 rings (SSSR count). The number of likely N-dealkylation sites (tertiary alicyclic amines) is 1. The van der Waals surface area contributed by atoms with Gasteiger partial charge in [0.1, 0.15) is 5.60 Å². The highest BCUT2D eigenvalue weighted by Crippen LogP contribution is 2.23. The van der Waals surface area contributed by atoms with E-state index >= 15 is 0 Å². The van der Waals surface area contributed by atoms with Crippen LogP contribution in [-0.2, 0) is 9.53 Å². The van der Waals surface area contributed by atoms with E-state index in [1.807, 2.05) is 25.7 Å². The molecule has 2 amide bonds. The average molecular weight is 382 g/mol. The molecule has 0 bridgehead atoms. The summed E-state index contributed by atoms with van der Waals surface area (Å²) in [6, 6.07) is 0. The van der Waals surface area contributed by atoms with Crippen molar-refractivity contribution >= 4 is 12.0 Å². The van der Waals surface area contributed by atoms with Crippen molar-refractivity contribution in [2.24, 2.45) is 11.3 Å². The number of ether oxygens (including phenoxy) is 1. The van der Waals surface area contributed by atoms with E-state index in [4.69, 9.17) is 4.74 Å². The van der Waals surface area contributed by atoms with Crippen LogP contribution in [0.15, 0.2) is 0 Å². The largest absolute Gasteiger partial charge is 0.444 e. The smallest absolute Gasteiger partial charge is 0.410 e. The summed E-state index contributed by atoms with van der Waals surface area (Å²) >= 11 is 0. The van der Waals surface area contributed by atoms with Crippen molar-refractivity contribution in [3.05, 3.63) is 0 Å². The van der Waals surface area contributed by atoms with Gasteiger partial charge in [-0.25, -0.2) is 4.79 Å². The second-order valence-electron chi connectivity index (χ2n) is 10.2. The lowest BCUT2D eigenvalue weighted by Gasteiger charge is -2.39. The molecule has 156 valence electrons. The zero-order valence-corrected chi connectivity index (χ0v) is 18.2. The molecular formula is C21H39N3O3. The van der Waals surface area contributed by atoms with Crippen LogP contribution in [0.4, 0.5) is 4.79 Å². The molecule has 2 aliphatic rings. The quantitative estimate of drug-likeness (QED) is 0.753. The Kier molecular flexibility index (Phi) is 7.17. The Bertz CT molecular complexity index is 506. The maximum Gasteiger partial charge on any atom is 0.410 e. The third kappa shape index (κ3) is 7.32. The van der Waals surface area contributed by atoms with Crippen LogP contribution in [0, 0.1) is 11.3 Å². The van der Waals surface area contributed by atoms with Gasteiger partial charge >= 0.3 is 6.09 Å². The van der Waals surface area contributed by atoms with Crippen LogP contribution in [0.2, 0.25) is 0 Å². The Morgan fingerprint density at radius 1 is 0.852 bits per heavy atom. The molecular weight excluding hydrogens is 342 g/mol. The van der Waals surface area contributed by atoms with Crippen molar-refractivity contribution in [2.45, 2.75) is 66.4 Å². The number of carbonyl (C=O) groups excluding carboxylic acids is 2. The van der Waals surface area contributed by atoms with E-state index in [9.17, 15) is 9.59 Å². The first kappa shape index (κ1) is 22.0. The number of hydrogen-bond donors (Lipinski definition) is 0. The molecule has 6 heteroatoms. The molecule has 0 aromatic carbocycles. The number of carbonyl (C=O) groups is 2. The Labute approximate surface area is 165 Å². The molecule has 2 aliphatic heterocycles. The first-order valence-corrected chi connectivity index (χ1v) is 10.4. The van der Waals surface area contributed by atoms with Crippen LogP contribution in [0.1, 0.15) is 60.8 Å². The first-order valence-electron chi connectivity index (χ1n) is 10.4. The maximum absolute atomic E-state index is 12.9. The van der Waals surface area contributed by atoms with Gasteiger partial charge in [0.25, 0.3) is 0 Å². The van der Waals surface area contributed by atoms with Gasteiger partial charge in [-0.05, 0) is 52.0 Å². The van der Waals surface area contributed by atoms with Gasteiger partial charge in [-0.1, -0.05) is 20.8 Å². The monoisotopic (exact) mass is 381 g/mol. The summed E-state index contributed by atoms with van der Waals surface area (Å²) in [5, 5.41) is 0. The highest BCUT2D eigenvalue weighted by molar-refractivity contribution is 5.79. The summed E-state index contributed by atoms with van der Waals surface area (Å²) < 4.78 is 5.43. The zero-order chi connectivity index (χ0) is 20.2. The highest BCUT2D eigenvalue weighted by Gasteiger charge is 2.33. The van der Waals surface area contributed by atoms with Gasteiger partial charge in [-0.2, -0.15) is 0 Å². The molecule has 0 aromatic heterocycles. The number of rotatable bonds is 3. The topological polar surface area (TPSA) is 53.1 Å².